The number of rotatable bonds is 13. The summed E-state index contributed by atoms with van der Waals surface area (Å²) in [5, 5.41) is 25.9. The van der Waals surface area contributed by atoms with E-state index in [2.05, 4.69) is 10.3 Å². The fourth-order valence-corrected chi connectivity index (χ4v) is 9.28. The lowest BCUT2D eigenvalue weighted by atomic mass is 9.84. The highest BCUT2D eigenvalue weighted by Gasteiger charge is 2.54. The number of thiazole rings is 1. The number of aliphatic hydroxyl groups is 1. The van der Waals surface area contributed by atoms with Crippen LogP contribution in [0.2, 0.25) is 0 Å². The van der Waals surface area contributed by atoms with Gasteiger partial charge in [0.15, 0.2) is 9.84 Å². The summed E-state index contributed by atoms with van der Waals surface area (Å²) in [6.07, 6.45) is 0.299. The number of aromatic nitrogens is 1. The minimum atomic E-state index is -3.39. The van der Waals surface area contributed by atoms with E-state index in [-0.39, 0.29) is 36.6 Å². The first-order chi connectivity index (χ1) is 29.3. The third-order valence-electron chi connectivity index (χ3n) is 11.5. The van der Waals surface area contributed by atoms with Gasteiger partial charge in [0.05, 0.1) is 45.8 Å². The van der Waals surface area contributed by atoms with Gasteiger partial charge in [-0.2, -0.15) is 0 Å². The van der Waals surface area contributed by atoms with Crippen molar-refractivity contribution in [2.24, 2.45) is 11.1 Å². The molecule has 324 valence electrons. The molecule has 2 heterocycles. The van der Waals surface area contributed by atoms with Gasteiger partial charge in [-0.15, -0.1) is 11.3 Å². The summed E-state index contributed by atoms with van der Waals surface area (Å²) in [6, 6.07) is 28.8. The zero-order chi connectivity index (χ0) is 44.6. The molecule has 5 N–H and O–H groups in total. The van der Waals surface area contributed by atoms with E-state index >= 15 is 0 Å². The predicted octanol–water partition coefficient (Wildman–Crippen LogP) is 8.19. The molecular formula is C48H52N4O8S2. The molecule has 1 saturated heterocycles. The second kappa shape index (κ2) is 17.5. The number of aryl methyl sites for hydroxylation is 1. The standard InChI is InChI=1S/C48H52N4O8S2/c1-29(31-7-9-33(10-8-31)43-30(2)50-28-61-43)51-46(56)48(26-36(54)27-52(48)45(55)44(49)47(3,4)5)23-24-59-37-15-17-38(18-16-37)60-42-40(21-13-34-25-35(53)14-22-41(34)42)32-11-19-39(20-12-32)62(6,57)58/h7-22,25,28-29,36,44,53-54H,23-24,26-27,49H2,1-6H3,(H,51,56)/t29-,36+,44+,48-/m0/s1. The Hall–Kier alpha value is -5.80. The highest BCUT2D eigenvalue weighted by Crippen LogP contribution is 2.42. The number of hydrogen-bond acceptors (Lipinski definition) is 11. The molecule has 62 heavy (non-hydrogen) atoms. The number of hydrogen-bond donors (Lipinski definition) is 4. The number of β-amino-alcohol motifs (C(OH)–C–C–N with tert-alkyl or cyclic N) is 1. The molecule has 5 aromatic carbocycles. The average molecular weight is 877 g/mol. The van der Waals surface area contributed by atoms with Crippen molar-refractivity contribution in [3.8, 4) is 44.6 Å². The van der Waals surface area contributed by atoms with Crippen molar-refractivity contribution in [2.75, 3.05) is 19.4 Å². The Bertz CT molecular complexity index is 2700. The van der Waals surface area contributed by atoms with Crippen LogP contribution in [0.15, 0.2) is 114 Å². The van der Waals surface area contributed by atoms with Crippen molar-refractivity contribution in [3.05, 3.63) is 120 Å². The Morgan fingerprint density at radius 1 is 0.968 bits per heavy atom. The Morgan fingerprint density at radius 3 is 2.26 bits per heavy atom. The molecule has 0 unspecified atom stereocenters. The van der Waals surface area contributed by atoms with E-state index in [4.69, 9.17) is 15.2 Å². The average Bonchev–Trinajstić information content (AvgIpc) is 3.82. The Labute approximate surface area is 366 Å². The number of carbonyl (C=O) groups is 2. The molecule has 7 rings (SSSR count). The van der Waals surface area contributed by atoms with Gasteiger partial charge in [-0.05, 0) is 102 Å². The van der Waals surface area contributed by atoms with E-state index < -0.39 is 50.8 Å². The normalized spacial score (nSPS) is 17.7. The SMILES string of the molecule is Cc1ncsc1-c1ccc([C@H](C)NC(=O)[C@]2(CCOc3ccc(Oc4c(-c5ccc(S(C)(=O)=O)cc5)ccc5cc(O)ccc45)cc3)C[C@@H](O)CN2C(=O)[C@@H](N)C(C)(C)C)cc1. The number of ether oxygens (including phenoxy) is 2. The lowest BCUT2D eigenvalue weighted by molar-refractivity contribution is -0.148. The Morgan fingerprint density at radius 2 is 1.63 bits per heavy atom. The van der Waals surface area contributed by atoms with E-state index in [1.807, 2.05) is 76.5 Å². The third kappa shape index (κ3) is 9.33. The molecule has 1 aliphatic heterocycles. The predicted molar refractivity (Wildman–Crippen MR) is 242 cm³/mol. The van der Waals surface area contributed by atoms with Gasteiger partial charge in [0.25, 0.3) is 0 Å². The van der Waals surface area contributed by atoms with Gasteiger partial charge >= 0.3 is 0 Å². The van der Waals surface area contributed by atoms with Gasteiger partial charge < -0.3 is 35.6 Å². The van der Waals surface area contributed by atoms with E-state index in [9.17, 15) is 28.2 Å². The molecule has 12 nitrogen and oxygen atoms in total. The van der Waals surface area contributed by atoms with Crippen molar-refractivity contribution in [2.45, 2.75) is 76.1 Å². The molecular weight excluding hydrogens is 825 g/mol. The lowest BCUT2D eigenvalue weighted by Crippen LogP contribution is -2.62. The molecule has 0 bridgehead atoms. The maximum atomic E-state index is 14.6. The van der Waals surface area contributed by atoms with Gasteiger partial charge in [0.1, 0.15) is 28.5 Å². The minimum absolute atomic E-state index is 0.00993. The zero-order valence-electron chi connectivity index (χ0n) is 35.6. The summed E-state index contributed by atoms with van der Waals surface area (Å²) in [5.41, 5.74) is 10.6. The van der Waals surface area contributed by atoms with E-state index in [0.29, 0.717) is 22.8 Å². The van der Waals surface area contributed by atoms with Gasteiger partial charge in [-0.3, -0.25) is 9.59 Å². The van der Waals surface area contributed by atoms with Crippen molar-refractivity contribution >= 4 is 43.8 Å². The number of benzene rings is 5. The molecule has 1 aliphatic rings. The highest BCUT2D eigenvalue weighted by atomic mass is 32.2. The molecule has 1 fully saturated rings. The minimum Gasteiger partial charge on any atom is -0.508 e. The van der Waals surface area contributed by atoms with Crippen LogP contribution in [0.1, 0.15) is 57.8 Å². The number of amides is 2. The van der Waals surface area contributed by atoms with Crippen LogP contribution in [0, 0.1) is 12.3 Å². The molecule has 0 spiro atoms. The number of likely N-dealkylation sites (tertiary alicyclic amines) is 1. The highest BCUT2D eigenvalue weighted by molar-refractivity contribution is 7.90. The van der Waals surface area contributed by atoms with Gasteiger partial charge in [0.2, 0.25) is 11.8 Å². The van der Waals surface area contributed by atoms with E-state index in [1.165, 1.54) is 4.90 Å². The number of nitrogens with one attached hydrogen (secondary N) is 1. The van der Waals surface area contributed by atoms with Crippen LogP contribution in [0.5, 0.6) is 23.0 Å². The number of nitrogens with zero attached hydrogens (tertiary/aromatic N) is 2. The second-order valence-electron chi connectivity index (χ2n) is 17.1. The number of carbonyl (C=O) groups excluding carboxylic acids is 2. The molecule has 1 aromatic heterocycles. The fourth-order valence-electron chi connectivity index (χ4n) is 7.84. The van der Waals surface area contributed by atoms with Crippen LogP contribution in [0.3, 0.4) is 0 Å². The van der Waals surface area contributed by atoms with Gasteiger partial charge in [-0.1, -0.05) is 63.2 Å². The number of aromatic hydroxyl groups is 1. The van der Waals surface area contributed by atoms with Crippen LogP contribution in [0.25, 0.3) is 32.3 Å². The lowest BCUT2D eigenvalue weighted by Gasteiger charge is -2.40. The first-order valence-corrected chi connectivity index (χ1v) is 23.1. The molecule has 4 atom stereocenters. The summed E-state index contributed by atoms with van der Waals surface area (Å²) >= 11 is 1.57. The second-order valence-corrected chi connectivity index (χ2v) is 20.0. The Balaban J connectivity index is 1.11. The first kappa shape index (κ1) is 44.3. The molecule has 2 amide bonds. The Kier molecular flexibility index (Phi) is 12.5. The summed E-state index contributed by atoms with van der Waals surface area (Å²) in [4.78, 5) is 35.7. The van der Waals surface area contributed by atoms with Crippen molar-refractivity contribution in [1.29, 1.82) is 0 Å². The zero-order valence-corrected chi connectivity index (χ0v) is 37.2. The molecule has 6 aromatic rings. The maximum Gasteiger partial charge on any atom is 0.246 e. The molecule has 0 radical (unpaired) electrons. The van der Waals surface area contributed by atoms with Crippen molar-refractivity contribution < 1.29 is 37.7 Å². The number of phenolic OH excluding ortho intramolecular Hbond substituents is 1. The molecule has 0 aliphatic carbocycles. The summed E-state index contributed by atoms with van der Waals surface area (Å²) in [7, 11) is -3.39. The van der Waals surface area contributed by atoms with Crippen molar-refractivity contribution in [3.63, 3.8) is 0 Å². The largest absolute Gasteiger partial charge is 0.508 e. The van der Waals surface area contributed by atoms with Crippen LogP contribution in [0.4, 0.5) is 0 Å². The van der Waals surface area contributed by atoms with Crippen molar-refractivity contribution in [1.82, 2.24) is 15.2 Å². The third-order valence-corrected chi connectivity index (χ3v) is 13.6. The monoisotopic (exact) mass is 876 g/mol. The van der Waals surface area contributed by atoms with Crippen LogP contribution in [-0.4, -0.2) is 77.4 Å². The summed E-state index contributed by atoms with van der Waals surface area (Å²) in [5.74, 6) is 0.759. The van der Waals surface area contributed by atoms with Gasteiger partial charge in [0, 0.05) is 36.6 Å². The summed E-state index contributed by atoms with van der Waals surface area (Å²) in [6.45, 7) is 9.44. The molecule has 14 heteroatoms. The van der Waals surface area contributed by atoms with Crippen LogP contribution >= 0.6 is 11.3 Å². The smallest absolute Gasteiger partial charge is 0.246 e. The molecule has 0 saturated carbocycles. The fraction of sp³-hybridized carbons (Fsp3) is 0.312. The number of sulfone groups is 1. The van der Waals surface area contributed by atoms with E-state index in [0.717, 1.165) is 44.3 Å². The van der Waals surface area contributed by atoms with E-state index in [1.54, 1.807) is 78.1 Å². The number of aliphatic hydroxyl groups excluding tert-OH is 1. The van der Waals surface area contributed by atoms with Crippen LogP contribution in [-0.2, 0) is 19.4 Å². The first-order valence-electron chi connectivity index (χ1n) is 20.4. The number of phenols is 1. The van der Waals surface area contributed by atoms with Gasteiger partial charge in [-0.25, -0.2) is 13.4 Å². The quantitative estimate of drug-likeness (QED) is 0.0883. The van der Waals surface area contributed by atoms with Crippen LogP contribution < -0.4 is 20.5 Å². The summed E-state index contributed by atoms with van der Waals surface area (Å²) < 4.78 is 37.0. The number of nitrogens with two attached hydrogens (primary N) is 1. The topological polar surface area (TPSA) is 181 Å². The number of fused-ring (bicyclic) bond motifs is 1. The maximum absolute atomic E-state index is 14.6.